The number of rotatable bonds is 3. The van der Waals surface area contributed by atoms with Gasteiger partial charge in [-0.25, -0.2) is 9.37 Å². The van der Waals surface area contributed by atoms with Crippen LogP contribution in [0.2, 0.25) is 5.02 Å². The van der Waals surface area contributed by atoms with E-state index >= 15 is 0 Å². The second kappa shape index (κ2) is 5.09. The van der Waals surface area contributed by atoms with Gasteiger partial charge in [0.25, 0.3) is 0 Å². The highest BCUT2D eigenvalue weighted by atomic mass is 35.5. The largest absolute Gasteiger partial charge is 0.369 e. The third-order valence-electron chi connectivity index (χ3n) is 3.19. The molecule has 2 heterocycles. The minimum Gasteiger partial charge on any atom is -0.369 e. The molecule has 0 fully saturated rings. The third-order valence-corrected chi connectivity index (χ3v) is 3.48. The van der Waals surface area contributed by atoms with Crippen molar-refractivity contribution in [2.24, 2.45) is 0 Å². The Morgan fingerprint density at radius 3 is 2.75 bits per heavy atom. The van der Waals surface area contributed by atoms with E-state index in [1.165, 1.54) is 12.1 Å². The van der Waals surface area contributed by atoms with E-state index in [-0.39, 0.29) is 5.02 Å². The SMILES string of the molecule is Nc1nc2cc(Cl)c(F)cc2n1CCc1ccncc1. The number of benzene rings is 1. The molecule has 3 rings (SSSR count). The van der Waals surface area contributed by atoms with E-state index in [9.17, 15) is 4.39 Å². The predicted octanol–water partition coefficient (Wildman–Crippen LogP) is 3.05. The molecule has 0 atom stereocenters. The molecule has 102 valence electrons. The van der Waals surface area contributed by atoms with Crippen LogP contribution in [0.4, 0.5) is 10.3 Å². The lowest BCUT2D eigenvalue weighted by Crippen LogP contribution is -2.05. The van der Waals surface area contributed by atoms with Crippen LogP contribution < -0.4 is 5.73 Å². The van der Waals surface area contributed by atoms with Crippen LogP contribution in [0.5, 0.6) is 0 Å². The highest BCUT2D eigenvalue weighted by Crippen LogP contribution is 2.24. The molecule has 2 aromatic heterocycles. The minimum atomic E-state index is -0.468. The van der Waals surface area contributed by atoms with Crippen LogP contribution in [-0.2, 0) is 13.0 Å². The van der Waals surface area contributed by atoms with Gasteiger partial charge in [0, 0.05) is 25.0 Å². The number of aromatic nitrogens is 3. The summed E-state index contributed by atoms with van der Waals surface area (Å²) in [6, 6.07) is 6.73. The summed E-state index contributed by atoms with van der Waals surface area (Å²) in [5.41, 5.74) is 8.28. The molecule has 2 N–H and O–H groups in total. The van der Waals surface area contributed by atoms with Crippen molar-refractivity contribution in [1.29, 1.82) is 0 Å². The van der Waals surface area contributed by atoms with E-state index in [0.29, 0.717) is 23.5 Å². The summed E-state index contributed by atoms with van der Waals surface area (Å²) in [6.07, 6.45) is 4.25. The van der Waals surface area contributed by atoms with Gasteiger partial charge in [0.1, 0.15) is 5.82 Å². The first-order valence-electron chi connectivity index (χ1n) is 6.15. The number of imidazole rings is 1. The van der Waals surface area contributed by atoms with E-state index in [1.807, 2.05) is 12.1 Å². The van der Waals surface area contributed by atoms with Crippen molar-refractivity contribution in [3.05, 3.63) is 53.1 Å². The number of fused-ring (bicyclic) bond motifs is 1. The Kier molecular flexibility index (Phi) is 3.28. The van der Waals surface area contributed by atoms with Gasteiger partial charge in [-0.3, -0.25) is 4.98 Å². The lowest BCUT2D eigenvalue weighted by atomic mass is 10.2. The zero-order valence-corrected chi connectivity index (χ0v) is 11.3. The normalized spacial score (nSPS) is 11.1. The van der Waals surface area contributed by atoms with Crippen molar-refractivity contribution < 1.29 is 4.39 Å². The summed E-state index contributed by atoms with van der Waals surface area (Å²) >= 11 is 5.75. The molecule has 0 aliphatic heterocycles. The Morgan fingerprint density at radius 2 is 2.00 bits per heavy atom. The standard InChI is InChI=1S/C14H12ClFN4/c15-10-7-12-13(8-11(10)16)20(14(17)19-12)6-3-9-1-4-18-5-2-9/h1-2,4-5,7-8H,3,6H2,(H2,17,19). The molecule has 1 aromatic carbocycles. The topological polar surface area (TPSA) is 56.7 Å². The van der Waals surface area contributed by atoms with Gasteiger partial charge in [-0.1, -0.05) is 11.6 Å². The molecule has 0 saturated heterocycles. The lowest BCUT2D eigenvalue weighted by Gasteiger charge is -2.06. The molecule has 0 amide bonds. The molecular weight excluding hydrogens is 279 g/mol. The molecule has 0 aliphatic rings. The first kappa shape index (κ1) is 12.9. The molecule has 6 heteroatoms. The van der Waals surface area contributed by atoms with Gasteiger partial charge >= 0.3 is 0 Å². The molecule has 4 nitrogen and oxygen atoms in total. The summed E-state index contributed by atoms with van der Waals surface area (Å²) < 4.78 is 15.4. The minimum absolute atomic E-state index is 0.0521. The van der Waals surface area contributed by atoms with E-state index in [2.05, 4.69) is 9.97 Å². The first-order chi connectivity index (χ1) is 9.65. The molecular formula is C14H12ClFN4. The quantitative estimate of drug-likeness (QED) is 0.806. The maximum Gasteiger partial charge on any atom is 0.201 e. The van der Waals surface area contributed by atoms with Crippen molar-refractivity contribution in [3.63, 3.8) is 0 Å². The Labute approximate surface area is 120 Å². The van der Waals surface area contributed by atoms with E-state index in [0.717, 1.165) is 12.0 Å². The van der Waals surface area contributed by atoms with Gasteiger partial charge < -0.3 is 10.3 Å². The second-order valence-electron chi connectivity index (χ2n) is 4.48. The van der Waals surface area contributed by atoms with Crippen molar-refractivity contribution in [2.75, 3.05) is 5.73 Å². The van der Waals surface area contributed by atoms with Crippen LogP contribution in [0.15, 0.2) is 36.7 Å². The van der Waals surface area contributed by atoms with Gasteiger partial charge in [0.05, 0.1) is 16.1 Å². The van der Waals surface area contributed by atoms with Gasteiger partial charge in [-0.2, -0.15) is 0 Å². The summed E-state index contributed by atoms with van der Waals surface area (Å²) in [5, 5.41) is 0.0521. The zero-order chi connectivity index (χ0) is 14.1. The number of nitrogen functional groups attached to an aromatic ring is 1. The smallest absolute Gasteiger partial charge is 0.201 e. The number of anilines is 1. The number of aryl methyl sites for hydroxylation is 2. The molecule has 0 spiro atoms. The summed E-state index contributed by atoms with van der Waals surface area (Å²) in [4.78, 5) is 8.18. The highest BCUT2D eigenvalue weighted by Gasteiger charge is 2.11. The summed E-state index contributed by atoms with van der Waals surface area (Å²) in [5.74, 6) is -0.111. The Balaban J connectivity index is 1.95. The molecule has 0 unspecified atom stereocenters. The Bertz CT molecular complexity index is 755. The third kappa shape index (κ3) is 2.32. The molecule has 0 bridgehead atoms. The molecule has 3 aromatic rings. The summed E-state index contributed by atoms with van der Waals surface area (Å²) in [6.45, 7) is 0.618. The monoisotopic (exact) mass is 290 g/mol. The lowest BCUT2D eigenvalue weighted by molar-refractivity contribution is 0.628. The zero-order valence-electron chi connectivity index (χ0n) is 10.6. The second-order valence-corrected chi connectivity index (χ2v) is 4.89. The number of pyridine rings is 1. The molecule has 20 heavy (non-hydrogen) atoms. The van der Waals surface area contributed by atoms with Crippen LogP contribution >= 0.6 is 11.6 Å². The fourth-order valence-corrected chi connectivity index (χ4v) is 2.32. The van der Waals surface area contributed by atoms with Crippen LogP contribution in [0.25, 0.3) is 11.0 Å². The molecule has 0 radical (unpaired) electrons. The Morgan fingerprint density at radius 1 is 1.25 bits per heavy atom. The van der Waals surface area contributed by atoms with Crippen LogP contribution in [0.1, 0.15) is 5.56 Å². The van der Waals surface area contributed by atoms with Crippen molar-refractivity contribution in [3.8, 4) is 0 Å². The van der Waals surface area contributed by atoms with Gasteiger partial charge in [-0.15, -0.1) is 0 Å². The number of halogens is 2. The van der Waals surface area contributed by atoms with Gasteiger partial charge in [0.2, 0.25) is 5.95 Å². The highest BCUT2D eigenvalue weighted by molar-refractivity contribution is 6.31. The number of hydrogen-bond acceptors (Lipinski definition) is 3. The number of nitrogens with two attached hydrogens (primary N) is 1. The van der Waals surface area contributed by atoms with Gasteiger partial charge in [-0.05, 0) is 30.2 Å². The van der Waals surface area contributed by atoms with E-state index in [4.69, 9.17) is 17.3 Å². The molecule has 0 saturated carbocycles. The first-order valence-corrected chi connectivity index (χ1v) is 6.52. The van der Waals surface area contributed by atoms with E-state index in [1.54, 1.807) is 17.0 Å². The van der Waals surface area contributed by atoms with Crippen LogP contribution in [0.3, 0.4) is 0 Å². The van der Waals surface area contributed by atoms with Crippen molar-refractivity contribution in [1.82, 2.24) is 14.5 Å². The van der Waals surface area contributed by atoms with Crippen molar-refractivity contribution >= 4 is 28.6 Å². The van der Waals surface area contributed by atoms with Crippen LogP contribution in [-0.4, -0.2) is 14.5 Å². The number of nitrogens with zero attached hydrogens (tertiary/aromatic N) is 3. The van der Waals surface area contributed by atoms with Gasteiger partial charge in [0.15, 0.2) is 0 Å². The molecule has 0 aliphatic carbocycles. The maximum atomic E-state index is 13.6. The van der Waals surface area contributed by atoms with Crippen LogP contribution in [0, 0.1) is 5.82 Å². The summed E-state index contributed by atoms with van der Waals surface area (Å²) in [7, 11) is 0. The fraction of sp³-hybridized carbons (Fsp3) is 0.143. The maximum absolute atomic E-state index is 13.6. The Hall–Kier alpha value is -2.14. The van der Waals surface area contributed by atoms with Crippen molar-refractivity contribution in [2.45, 2.75) is 13.0 Å². The average Bonchev–Trinajstić information content (AvgIpc) is 2.73. The average molecular weight is 291 g/mol. The number of hydrogen-bond donors (Lipinski definition) is 1. The predicted molar refractivity (Wildman–Crippen MR) is 77.1 cm³/mol. The fourth-order valence-electron chi connectivity index (χ4n) is 2.16. The van der Waals surface area contributed by atoms with E-state index < -0.39 is 5.82 Å².